The third-order valence-electron chi connectivity index (χ3n) is 11.0. The molecule has 16 nitrogen and oxygen atoms in total. The first-order chi connectivity index (χ1) is 24.7. The summed E-state index contributed by atoms with van der Waals surface area (Å²) in [4.78, 5) is 68.3. The molecule has 0 bridgehead atoms. The second kappa shape index (κ2) is 18.5. The molecule has 16 heteroatoms. The van der Waals surface area contributed by atoms with Gasteiger partial charge in [0.15, 0.2) is 24.1 Å². The van der Waals surface area contributed by atoms with Crippen LogP contribution < -0.4 is 11.1 Å². The van der Waals surface area contributed by atoms with Gasteiger partial charge in [0.05, 0.1) is 35.8 Å². The molecular formula is C37H63N3O13. The van der Waals surface area contributed by atoms with Crippen molar-refractivity contribution in [3.8, 4) is 0 Å². The summed E-state index contributed by atoms with van der Waals surface area (Å²) in [5.41, 5.74) is 2.93. The second-order valence-electron chi connectivity index (χ2n) is 15.5. The van der Waals surface area contributed by atoms with Crippen LogP contribution in [0, 0.1) is 17.8 Å². The van der Waals surface area contributed by atoms with E-state index in [1.807, 2.05) is 25.9 Å². The Morgan fingerprint density at radius 2 is 1.68 bits per heavy atom. The molecule has 0 saturated carbocycles. The minimum atomic E-state index is -1.47. The number of carbonyl (C=O) groups excluding carboxylic acids is 5. The number of amides is 1. The normalized spacial score (nSPS) is 40.1. The van der Waals surface area contributed by atoms with Crippen LogP contribution in [0.4, 0.5) is 4.79 Å². The van der Waals surface area contributed by atoms with Crippen molar-refractivity contribution < 1.29 is 61.9 Å². The first-order valence-electron chi connectivity index (χ1n) is 18.7. The molecular weight excluding hydrogens is 694 g/mol. The Bertz CT molecular complexity index is 1300. The largest absolute Gasteiger partial charge is 0.509 e. The van der Waals surface area contributed by atoms with E-state index in [2.05, 4.69) is 5.32 Å². The van der Waals surface area contributed by atoms with Gasteiger partial charge in [-0.25, -0.2) is 4.79 Å². The molecule has 14 atom stereocenters. The zero-order valence-corrected chi connectivity index (χ0v) is 33.5. The Hall–Kier alpha value is -3.05. The van der Waals surface area contributed by atoms with Gasteiger partial charge in [0, 0.05) is 32.3 Å². The van der Waals surface area contributed by atoms with Crippen LogP contribution in [0.2, 0.25) is 0 Å². The highest BCUT2D eigenvalue weighted by molar-refractivity contribution is 5.79. The minimum absolute atomic E-state index is 0.00340. The van der Waals surface area contributed by atoms with Gasteiger partial charge in [-0.05, 0) is 80.9 Å². The highest BCUT2D eigenvalue weighted by Crippen LogP contribution is 2.40. The predicted octanol–water partition coefficient (Wildman–Crippen LogP) is 2.86. The van der Waals surface area contributed by atoms with Crippen LogP contribution in [0.3, 0.4) is 0 Å². The number of likely N-dealkylation sites (N-methyl/N-ethyl adjacent to an activating group) is 1. The van der Waals surface area contributed by atoms with Gasteiger partial charge in [-0.15, -0.1) is 0 Å². The summed E-state index contributed by atoms with van der Waals surface area (Å²) >= 11 is 0. The number of cyclic esters (lactones) is 1. The van der Waals surface area contributed by atoms with E-state index >= 15 is 0 Å². The van der Waals surface area contributed by atoms with Gasteiger partial charge < -0.3 is 53.8 Å². The fourth-order valence-electron chi connectivity index (χ4n) is 8.00. The van der Waals surface area contributed by atoms with Crippen LogP contribution in [0.25, 0.3) is 0 Å². The Balaban J connectivity index is 2.23. The van der Waals surface area contributed by atoms with Gasteiger partial charge in [0.1, 0.15) is 12.2 Å². The van der Waals surface area contributed by atoms with Gasteiger partial charge in [0.2, 0.25) is 5.91 Å². The molecule has 3 heterocycles. The van der Waals surface area contributed by atoms with Crippen molar-refractivity contribution in [1.82, 2.24) is 10.2 Å². The molecule has 53 heavy (non-hydrogen) atoms. The van der Waals surface area contributed by atoms with Gasteiger partial charge in [-0.1, -0.05) is 20.8 Å². The maximum Gasteiger partial charge on any atom is 0.509 e. The summed E-state index contributed by atoms with van der Waals surface area (Å²) in [7, 11) is 5.23. The lowest BCUT2D eigenvalue weighted by molar-refractivity contribution is -0.303. The quantitative estimate of drug-likeness (QED) is 0.243. The maximum atomic E-state index is 14.2. The topological polar surface area (TPSA) is 200 Å². The van der Waals surface area contributed by atoms with E-state index in [9.17, 15) is 24.0 Å². The van der Waals surface area contributed by atoms with E-state index < -0.39 is 95.9 Å². The van der Waals surface area contributed by atoms with Crippen LogP contribution in [0.5, 0.6) is 0 Å². The van der Waals surface area contributed by atoms with Crippen molar-refractivity contribution in [1.29, 1.82) is 0 Å². The van der Waals surface area contributed by atoms with E-state index in [1.54, 1.807) is 48.5 Å². The lowest BCUT2D eigenvalue weighted by Gasteiger charge is -2.48. The van der Waals surface area contributed by atoms with Crippen LogP contribution in [0.1, 0.15) is 94.4 Å². The molecule has 3 aliphatic heterocycles. The van der Waals surface area contributed by atoms with Crippen LogP contribution in [0.15, 0.2) is 0 Å². The van der Waals surface area contributed by atoms with E-state index in [4.69, 9.17) is 43.6 Å². The minimum Gasteiger partial charge on any atom is -0.461 e. The van der Waals surface area contributed by atoms with Crippen molar-refractivity contribution in [3.63, 3.8) is 0 Å². The summed E-state index contributed by atoms with van der Waals surface area (Å²) in [6, 6.07) is -1.04. The van der Waals surface area contributed by atoms with E-state index in [1.165, 1.54) is 14.0 Å². The number of methoxy groups -OCH3 is 1. The molecule has 1 amide bonds. The number of carbonyl (C=O) groups is 5. The number of rotatable bonds is 10. The number of nitrogens with one attached hydrogen (secondary N) is 1. The molecule has 3 aliphatic rings. The molecule has 0 aromatic heterocycles. The highest BCUT2D eigenvalue weighted by Gasteiger charge is 2.58. The predicted molar refractivity (Wildman–Crippen MR) is 190 cm³/mol. The lowest BCUT2D eigenvalue weighted by atomic mass is 9.77. The van der Waals surface area contributed by atoms with Crippen LogP contribution >= 0.6 is 0 Å². The standard InChI is InChI=1S/C37H63N3O13/c1-13-26-37(9)31(52-35(45)53-37)23(6)39-32(43)19(2)18-36(8,46-12)30(21(4)28(22(5)33(44)49-26)50-27(42)15-14-16-38)51-34-29(48-24(7)41)25(40(10)11)17-20(3)47-34/h19-23,25-26,28-31,34H,13-18,38H2,1-12H3,(H,39,43)/t19-,20-,21+,22-,23-,25+,26-,28+,29+,30-,31-,34+,36-,37-/m1/s1. The molecule has 3 rings (SSSR count). The first-order valence-corrected chi connectivity index (χ1v) is 18.7. The summed E-state index contributed by atoms with van der Waals surface area (Å²) < 4.78 is 48.7. The van der Waals surface area contributed by atoms with Gasteiger partial charge in [-0.2, -0.15) is 0 Å². The van der Waals surface area contributed by atoms with Gasteiger partial charge in [0.25, 0.3) is 0 Å². The highest BCUT2D eigenvalue weighted by atomic mass is 16.8. The van der Waals surface area contributed by atoms with Crippen molar-refractivity contribution >= 4 is 30.0 Å². The number of hydrogen-bond donors (Lipinski definition) is 2. The summed E-state index contributed by atoms with van der Waals surface area (Å²) in [6.45, 7) is 15.3. The molecule has 3 N–H and O–H groups in total. The number of nitrogens with zero attached hydrogens (tertiary/aromatic N) is 1. The number of hydrogen-bond acceptors (Lipinski definition) is 15. The Morgan fingerprint density at radius 3 is 2.25 bits per heavy atom. The molecule has 0 aromatic carbocycles. The van der Waals surface area contributed by atoms with Crippen molar-refractivity contribution in [3.05, 3.63) is 0 Å². The smallest absolute Gasteiger partial charge is 0.461 e. The van der Waals surface area contributed by atoms with E-state index in [-0.39, 0.29) is 43.9 Å². The average molecular weight is 758 g/mol. The third-order valence-corrected chi connectivity index (χ3v) is 11.0. The third kappa shape index (κ3) is 10.4. The second-order valence-corrected chi connectivity index (χ2v) is 15.5. The molecule has 0 aliphatic carbocycles. The molecule has 0 spiro atoms. The molecule has 0 aromatic rings. The Kier molecular flexibility index (Phi) is 15.5. The zero-order chi connectivity index (χ0) is 40.0. The SMILES string of the molecule is CC[C@H]1OC(=O)[C@H](C)[C@@H](OC(=O)CCCN)[C@H](C)[C@@H](O[C@@H]2O[C@H](C)C[C@H](N(C)C)[C@@H]2OC(C)=O)[C@](C)(OC)C[C@@H](C)C(=O)N[C@H](C)[C@H]2OC(=O)O[C@@]21C. The number of esters is 3. The summed E-state index contributed by atoms with van der Waals surface area (Å²) in [6.07, 6.45) is -6.25. The van der Waals surface area contributed by atoms with Crippen molar-refractivity contribution in [2.75, 3.05) is 27.7 Å². The Morgan fingerprint density at radius 1 is 1.02 bits per heavy atom. The lowest BCUT2D eigenvalue weighted by Crippen LogP contribution is -2.60. The molecule has 3 saturated heterocycles. The van der Waals surface area contributed by atoms with Crippen LogP contribution in [-0.4, -0.2) is 129 Å². The summed E-state index contributed by atoms with van der Waals surface area (Å²) in [5, 5.41) is 2.96. The van der Waals surface area contributed by atoms with Gasteiger partial charge in [-0.3, -0.25) is 19.2 Å². The van der Waals surface area contributed by atoms with Crippen molar-refractivity contribution in [2.24, 2.45) is 23.5 Å². The molecule has 304 valence electrons. The number of ether oxygens (including phenoxy) is 8. The Labute approximate surface area is 313 Å². The molecule has 0 radical (unpaired) electrons. The summed E-state index contributed by atoms with van der Waals surface area (Å²) in [5.74, 6) is -4.83. The van der Waals surface area contributed by atoms with Crippen molar-refractivity contribution in [2.45, 2.75) is 161 Å². The van der Waals surface area contributed by atoms with Gasteiger partial charge >= 0.3 is 24.1 Å². The fourth-order valence-corrected chi connectivity index (χ4v) is 8.00. The number of nitrogens with two attached hydrogens (primary N) is 1. The first kappa shape index (κ1) is 44.3. The van der Waals surface area contributed by atoms with E-state index in [0.717, 1.165) is 0 Å². The monoisotopic (exact) mass is 757 g/mol. The maximum absolute atomic E-state index is 14.2. The fraction of sp³-hybridized carbons (Fsp3) is 0.865. The molecule has 3 fully saturated rings. The zero-order valence-electron chi connectivity index (χ0n) is 33.5. The number of fused-ring (bicyclic) bond motifs is 1. The molecule has 0 unspecified atom stereocenters. The van der Waals surface area contributed by atoms with E-state index in [0.29, 0.717) is 12.8 Å². The van der Waals surface area contributed by atoms with Crippen LogP contribution in [-0.2, 0) is 57.1 Å². The average Bonchev–Trinajstić information content (AvgIpc) is 3.40.